The van der Waals surface area contributed by atoms with Crippen LogP contribution in [0.4, 0.5) is 5.69 Å². The number of hydrogen-bond acceptors (Lipinski definition) is 6. The van der Waals surface area contributed by atoms with Crippen molar-refractivity contribution in [2.45, 2.75) is 12.8 Å². The number of ether oxygens (including phenoxy) is 2. The third kappa shape index (κ3) is 11.4. The molecular weight excluding hydrogens is 336 g/mol. The summed E-state index contributed by atoms with van der Waals surface area (Å²) in [7, 11) is 1.82. The Morgan fingerprint density at radius 2 is 1.77 bits per heavy atom. The number of benzene rings is 1. The molecule has 7 heteroatoms. The molecule has 0 aliphatic rings. The lowest BCUT2D eigenvalue weighted by Crippen LogP contribution is -2.25. The molecule has 1 aromatic carbocycles. The van der Waals surface area contributed by atoms with E-state index in [0.29, 0.717) is 31.6 Å². The minimum Gasteiger partial charge on any atom is -0.464 e. The van der Waals surface area contributed by atoms with Gasteiger partial charge in [-0.1, -0.05) is 25.3 Å². The second-order valence-electron chi connectivity index (χ2n) is 4.88. The lowest BCUT2D eigenvalue weighted by molar-refractivity contribution is -0.142. The van der Waals surface area contributed by atoms with E-state index in [1.807, 2.05) is 19.2 Å². The summed E-state index contributed by atoms with van der Waals surface area (Å²) in [6.07, 6.45) is 3.87. The molecule has 0 aliphatic heterocycles. The fourth-order valence-electron chi connectivity index (χ4n) is 1.66. The third-order valence-electron chi connectivity index (χ3n) is 2.92. The topological polar surface area (TPSA) is 93.7 Å². The van der Waals surface area contributed by atoms with Gasteiger partial charge in [0.1, 0.15) is 13.2 Å². The first-order valence-electron chi connectivity index (χ1n) is 8.07. The summed E-state index contributed by atoms with van der Waals surface area (Å²) in [6, 6.07) is 7.17. The van der Waals surface area contributed by atoms with E-state index in [9.17, 15) is 14.4 Å². The second-order valence-corrected chi connectivity index (χ2v) is 4.88. The highest BCUT2D eigenvalue weighted by Crippen LogP contribution is 2.08. The number of amides is 1. The fourth-order valence-corrected chi connectivity index (χ4v) is 1.66. The van der Waals surface area contributed by atoms with Crippen molar-refractivity contribution in [2.24, 2.45) is 0 Å². The number of carbonyl (C=O) groups is 3. The summed E-state index contributed by atoms with van der Waals surface area (Å²) >= 11 is 0. The number of carbonyl (C=O) groups excluding carboxylic acids is 3. The number of anilines is 1. The fraction of sp³-hybridized carbons (Fsp3) is 0.316. The summed E-state index contributed by atoms with van der Waals surface area (Å²) in [6.45, 7) is 8.14. The number of esters is 1. The van der Waals surface area contributed by atoms with Gasteiger partial charge in [-0.05, 0) is 30.7 Å². The first kappa shape index (κ1) is 22.9. The monoisotopic (exact) mass is 362 g/mol. The number of rotatable bonds is 11. The molecule has 7 nitrogen and oxygen atoms in total. The van der Waals surface area contributed by atoms with E-state index in [4.69, 9.17) is 4.74 Å². The molecular formula is C19H26N2O5. The standard InChI is InChI=1S/C15H20N2O3.C4H6O2/c1-3-11-20-14(18)5-4-10-17-15(19)12-6-8-13(16-2)9-7-12;1-2-3-6-4-5/h3,6-9,16H,1,4-5,10-11H2,2H3,(H,17,19);2,4H,1,3H2. The zero-order valence-corrected chi connectivity index (χ0v) is 15.0. The maximum Gasteiger partial charge on any atom is 0.306 e. The van der Waals surface area contributed by atoms with E-state index in [1.165, 1.54) is 12.2 Å². The molecule has 0 spiro atoms. The van der Waals surface area contributed by atoms with E-state index in [2.05, 4.69) is 28.5 Å². The molecule has 0 radical (unpaired) electrons. The van der Waals surface area contributed by atoms with Crippen LogP contribution in [0.25, 0.3) is 0 Å². The van der Waals surface area contributed by atoms with E-state index >= 15 is 0 Å². The SMILES string of the molecule is C=CCOC(=O)CCCNC(=O)c1ccc(NC)cc1.C=CCOC=O. The molecule has 0 aliphatic carbocycles. The van der Waals surface area contributed by atoms with E-state index < -0.39 is 0 Å². The summed E-state index contributed by atoms with van der Waals surface area (Å²) in [5.41, 5.74) is 1.55. The summed E-state index contributed by atoms with van der Waals surface area (Å²) < 4.78 is 9.02. The van der Waals surface area contributed by atoms with Gasteiger partial charge in [0.2, 0.25) is 0 Å². The Bertz CT molecular complexity index is 562. The van der Waals surface area contributed by atoms with Crippen LogP contribution in [0.2, 0.25) is 0 Å². The average Bonchev–Trinajstić information content (AvgIpc) is 2.68. The lowest BCUT2D eigenvalue weighted by Gasteiger charge is -2.06. The molecule has 0 fully saturated rings. The molecule has 142 valence electrons. The van der Waals surface area contributed by atoms with Gasteiger partial charge in [0, 0.05) is 31.3 Å². The molecule has 0 bridgehead atoms. The second kappa shape index (κ2) is 15.4. The molecule has 0 unspecified atom stereocenters. The maximum atomic E-state index is 11.8. The molecule has 0 heterocycles. The van der Waals surface area contributed by atoms with Gasteiger partial charge in [0.15, 0.2) is 0 Å². The lowest BCUT2D eigenvalue weighted by atomic mass is 10.2. The van der Waals surface area contributed by atoms with E-state index in [-0.39, 0.29) is 24.9 Å². The Labute approximate surface area is 154 Å². The highest BCUT2D eigenvalue weighted by Gasteiger charge is 2.06. The Morgan fingerprint density at radius 1 is 1.12 bits per heavy atom. The quantitative estimate of drug-likeness (QED) is 0.272. The van der Waals surface area contributed by atoms with Crippen LogP contribution in [0.5, 0.6) is 0 Å². The molecule has 1 rings (SSSR count). The molecule has 0 saturated heterocycles. The van der Waals surface area contributed by atoms with Gasteiger partial charge in [-0.25, -0.2) is 0 Å². The Balaban J connectivity index is 0.000000896. The van der Waals surface area contributed by atoms with Crippen molar-refractivity contribution in [1.29, 1.82) is 0 Å². The van der Waals surface area contributed by atoms with Crippen molar-refractivity contribution in [3.63, 3.8) is 0 Å². The molecule has 0 aromatic heterocycles. The first-order valence-corrected chi connectivity index (χ1v) is 8.07. The molecule has 0 saturated carbocycles. The van der Waals surface area contributed by atoms with Crippen LogP contribution < -0.4 is 10.6 Å². The predicted octanol–water partition coefficient (Wildman–Crippen LogP) is 2.31. The van der Waals surface area contributed by atoms with Gasteiger partial charge in [0.25, 0.3) is 12.4 Å². The number of hydrogen-bond donors (Lipinski definition) is 2. The van der Waals surface area contributed by atoms with Crippen LogP contribution >= 0.6 is 0 Å². The normalized spacial score (nSPS) is 8.96. The highest BCUT2D eigenvalue weighted by atomic mass is 16.5. The maximum absolute atomic E-state index is 11.8. The van der Waals surface area contributed by atoms with Crippen LogP contribution in [-0.4, -0.2) is 45.2 Å². The van der Waals surface area contributed by atoms with Crippen molar-refractivity contribution in [1.82, 2.24) is 5.32 Å². The van der Waals surface area contributed by atoms with Crippen LogP contribution in [-0.2, 0) is 19.1 Å². The zero-order valence-electron chi connectivity index (χ0n) is 15.0. The first-order chi connectivity index (χ1) is 12.6. The molecule has 1 aromatic rings. The van der Waals surface area contributed by atoms with E-state index in [0.717, 1.165) is 5.69 Å². The van der Waals surface area contributed by atoms with Crippen molar-refractivity contribution in [3.8, 4) is 0 Å². The van der Waals surface area contributed by atoms with Crippen LogP contribution in [0.1, 0.15) is 23.2 Å². The molecule has 26 heavy (non-hydrogen) atoms. The van der Waals surface area contributed by atoms with Gasteiger partial charge in [0.05, 0.1) is 0 Å². The van der Waals surface area contributed by atoms with Gasteiger partial charge >= 0.3 is 5.97 Å². The van der Waals surface area contributed by atoms with Gasteiger partial charge in [-0.2, -0.15) is 0 Å². The summed E-state index contributed by atoms with van der Waals surface area (Å²) in [4.78, 5) is 32.3. The largest absolute Gasteiger partial charge is 0.464 e. The summed E-state index contributed by atoms with van der Waals surface area (Å²) in [5.74, 6) is -0.426. The van der Waals surface area contributed by atoms with Crippen LogP contribution in [0.3, 0.4) is 0 Å². The van der Waals surface area contributed by atoms with Crippen molar-refractivity contribution < 1.29 is 23.9 Å². The van der Waals surface area contributed by atoms with Gasteiger partial charge < -0.3 is 20.1 Å². The number of nitrogens with one attached hydrogen (secondary N) is 2. The van der Waals surface area contributed by atoms with Gasteiger partial charge in [-0.15, -0.1) is 0 Å². The average molecular weight is 362 g/mol. The zero-order chi connectivity index (χ0) is 19.6. The molecule has 2 N–H and O–H groups in total. The van der Waals surface area contributed by atoms with Crippen molar-refractivity contribution in [2.75, 3.05) is 32.1 Å². The smallest absolute Gasteiger partial charge is 0.306 e. The molecule has 0 atom stereocenters. The predicted molar refractivity (Wildman–Crippen MR) is 101 cm³/mol. The Kier molecular flexibility index (Phi) is 13.6. The minimum absolute atomic E-state index is 0.146. The third-order valence-corrected chi connectivity index (χ3v) is 2.92. The van der Waals surface area contributed by atoms with Crippen LogP contribution in [0, 0.1) is 0 Å². The van der Waals surface area contributed by atoms with Crippen LogP contribution in [0.15, 0.2) is 49.6 Å². The summed E-state index contributed by atoms with van der Waals surface area (Å²) in [5, 5.41) is 5.75. The van der Waals surface area contributed by atoms with Crippen molar-refractivity contribution in [3.05, 3.63) is 55.1 Å². The van der Waals surface area contributed by atoms with Crippen molar-refractivity contribution >= 4 is 24.0 Å². The minimum atomic E-state index is -0.280. The Hall–Kier alpha value is -3.09. The van der Waals surface area contributed by atoms with Gasteiger partial charge in [-0.3, -0.25) is 14.4 Å². The van der Waals surface area contributed by atoms with E-state index in [1.54, 1.807) is 12.1 Å². The molecule has 1 amide bonds. The highest BCUT2D eigenvalue weighted by molar-refractivity contribution is 5.94. The Morgan fingerprint density at radius 3 is 2.27 bits per heavy atom.